The number of piperidine rings is 1. The summed E-state index contributed by atoms with van der Waals surface area (Å²) in [5, 5.41) is 13.3. The smallest absolute Gasteiger partial charge is 0.259 e. The minimum absolute atomic E-state index is 0.178. The second-order valence-corrected chi connectivity index (χ2v) is 8.33. The topological polar surface area (TPSA) is 86.7 Å². The van der Waals surface area contributed by atoms with Gasteiger partial charge >= 0.3 is 0 Å². The summed E-state index contributed by atoms with van der Waals surface area (Å²) in [5.41, 5.74) is 1.43. The highest BCUT2D eigenvalue weighted by atomic mass is 16.3. The molecule has 0 bridgehead atoms. The highest BCUT2D eigenvalue weighted by molar-refractivity contribution is 6.28. The van der Waals surface area contributed by atoms with Crippen LogP contribution in [0.25, 0.3) is 5.76 Å². The van der Waals surface area contributed by atoms with E-state index >= 15 is 0 Å². The molecule has 0 unspecified atom stereocenters. The monoisotopic (exact) mass is 418 g/mol. The number of Topliss-reactive ketones (excluding diaryl/α,β-unsaturated/α-hetero) is 2. The predicted octanol–water partition coefficient (Wildman–Crippen LogP) is 2.78. The Morgan fingerprint density at radius 2 is 1.68 bits per heavy atom. The summed E-state index contributed by atoms with van der Waals surface area (Å²) in [6, 6.07) is 17.5. The van der Waals surface area contributed by atoms with E-state index < -0.39 is 11.3 Å². The van der Waals surface area contributed by atoms with E-state index in [4.69, 9.17) is 0 Å². The molecule has 2 aliphatic rings. The third-order valence-electron chi connectivity index (χ3n) is 6.28. The number of benzene rings is 2. The molecule has 1 amide bonds. The largest absolute Gasteiger partial charge is 0.506 e. The Labute approximate surface area is 181 Å². The Morgan fingerprint density at radius 3 is 2.35 bits per heavy atom. The van der Waals surface area contributed by atoms with Gasteiger partial charge in [-0.1, -0.05) is 54.6 Å². The van der Waals surface area contributed by atoms with Gasteiger partial charge in [0.1, 0.15) is 17.1 Å². The van der Waals surface area contributed by atoms with Gasteiger partial charge in [-0.25, -0.2) is 0 Å². The van der Waals surface area contributed by atoms with Crippen LogP contribution < -0.4 is 5.32 Å². The fourth-order valence-electron chi connectivity index (χ4n) is 4.65. The van der Waals surface area contributed by atoms with Crippen molar-refractivity contribution >= 4 is 23.2 Å². The van der Waals surface area contributed by atoms with E-state index in [1.54, 1.807) is 12.1 Å². The fraction of sp³-hybridized carbons (Fsp3) is 0.320. The van der Waals surface area contributed by atoms with Crippen LogP contribution in [0, 0.1) is 0 Å². The molecule has 1 saturated heterocycles. The van der Waals surface area contributed by atoms with Crippen molar-refractivity contribution in [2.45, 2.75) is 31.7 Å². The Balaban J connectivity index is 1.63. The minimum Gasteiger partial charge on any atom is -0.506 e. The van der Waals surface area contributed by atoms with Crippen molar-refractivity contribution in [3.63, 3.8) is 0 Å². The van der Waals surface area contributed by atoms with Crippen LogP contribution in [0.1, 0.15) is 36.5 Å². The Hall–Kier alpha value is -3.25. The molecule has 31 heavy (non-hydrogen) atoms. The van der Waals surface area contributed by atoms with Gasteiger partial charge in [-0.15, -0.1) is 0 Å². The van der Waals surface area contributed by atoms with Crippen molar-refractivity contribution < 1.29 is 19.5 Å². The van der Waals surface area contributed by atoms with Gasteiger partial charge in [-0.2, -0.15) is 0 Å². The van der Waals surface area contributed by atoms with Gasteiger partial charge < -0.3 is 10.4 Å². The number of ketones is 2. The number of fused-ring (bicyclic) bond motifs is 2. The molecule has 1 aliphatic heterocycles. The molecule has 2 N–H and O–H groups in total. The summed E-state index contributed by atoms with van der Waals surface area (Å²) in [7, 11) is 0. The second-order valence-electron chi connectivity index (χ2n) is 8.33. The van der Waals surface area contributed by atoms with Crippen LogP contribution >= 0.6 is 0 Å². The molecule has 0 atom stereocenters. The first-order valence-electron chi connectivity index (χ1n) is 10.5. The van der Waals surface area contributed by atoms with Gasteiger partial charge in [-0.05, 0) is 44.0 Å². The van der Waals surface area contributed by atoms with E-state index in [1.807, 2.05) is 30.3 Å². The van der Waals surface area contributed by atoms with Gasteiger partial charge in [0, 0.05) is 12.1 Å². The highest BCUT2D eigenvalue weighted by Crippen LogP contribution is 2.46. The van der Waals surface area contributed by atoms with Crippen LogP contribution in [0.4, 0.5) is 0 Å². The zero-order valence-electron chi connectivity index (χ0n) is 17.6. The number of carbonyl (C=O) groups is 3. The van der Waals surface area contributed by atoms with E-state index in [2.05, 4.69) is 22.3 Å². The number of carbonyl (C=O) groups excluding carboxylic acids is 3. The van der Waals surface area contributed by atoms with Crippen molar-refractivity contribution in [3.05, 3.63) is 76.9 Å². The van der Waals surface area contributed by atoms with Gasteiger partial charge in [0.05, 0.1) is 12.0 Å². The maximum absolute atomic E-state index is 13.6. The zero-order chi connectivity index (χ0) is 22.0. The Kier molecular flexibility index (Phi) is 5.74. The van der Waals surface area contributed by atoms with Crippen molar-refractivity contribution in [2.24, 2.45) is 0 Å². The minimum atomic E-state index is -0.848. The number of hydrogen-bond donors (Lipinski definition) is 2. The van der Waals surface area contributed by atoms with Gasteiger partial charge in [-0.3, -0.25) is 19.3 Å². The number of hydrogen-bond acceptors (Lipinski definition) is 5. The third-order valence-corrected chi connectivity index (χ3v) is 6.28. The van der Waals surface area contributed by atoms with E-state index in [1.165, 1.54) is 12.5 Å². The zero-order valence-corrected chi connectivity index (χ0v) is 17.6. The molecule has 0 aromatic heterocycles. The van der Waals surface area contributed by atoms with Crippen molar-refractivity contribution in [1.29, 1.82) is 0 Å². The first-order chi connectivity index (χ1) is 14.9. The highest BCUT2D eigenvalue weighted by Gasteiger charge is 2.50. The first kappa shape index (κ1) is 21.0. The van der Waals surface area contributed by atoms with Crippen molar-refractivity contribution in [2.75, 3.05) is 19.6 Å². The lowest BCUT2D eigenvalue weighted by atomic mass is 9.63. The first-order valence-corrected chi connectivity index (χ1v) is 10.5. The van der Waals surface area contributed by atoms with E-state index in [0.717, 1.165) is 12.1 Å². The van der Waals surface area contributed by atoms with Gasteiger partial charge in [0.15, 0.2) is 5.78 Å². The van der Waals surface area contributed by atoms with Crippen molar-refractivity contribution in [3.8, 4) is 0 Å². The maximum Gasteiger partial charge on any atom is 0.259 e. The van der Waals surface area contributed by atoms with Gasteiger partial charge in [0.25, 0.3) is 5.91 Å². The number of nitrogens with zero attached hydrogens (tertiary/aromatic N) is 1. The summed E-state index contributed by atoms with van der Waals surface area (Å²) >= 11 is 0. The molecule has 1 fully saturated rings. The molecule has 1 spiro atoms. The lowest BCUT2D eigenvalue weighted by Gasteiger charge is -2.44. The molecule has 2 aromatic rings. The summed E-state index contributed by atoms with van der Waals surface area (Å²) in [5.74, 6) is -1.58. The maximum atomic E-state index is 13.6. The molecule has 1 heterocycles. The number of amides is 1. The second kappa shape index (κ2) is 8.47. The molecule has 0 saturated carbocycles. The normalized spacial score (nSPS) is 18.0. The SMILES string of the molecule is CC(=O)CNC(=O)C1=C(O)c2ccccc2C2(CCN(Cc3ccccc3)CC2)C1=O. The molecule has 2 aromatic carbocycles. The van der Waals surface area contributed by atoms with Crippen LogP contribution in [-0.2, 0) is 26.3 Å². The van der Waals surface area contributed by atoms with Crippen LogP contribution in [0.15, 0.2) is 60.2 Å². The number of likely N-dealkylation sites (tertiary alicyclic amines) is 1. The quantitative estimate of drug-likeness (QED) is 0.730. The summed E-state index contributed by atoms with van der Waals surface area (Å²) < 4.78 is 0. The Morgan fingerprint density at radius 1 is 1.03 bits per heavy atom. The molecular weight excluding hydrogens is 392 g/mol. The molecule has 6 heteroatoms. The van der Waals surface area contributed by atoms with E-state index in [-0.39, 0.29) is 29.4 Å². The van der Waals surface area contributed by atoms with E-state index in [9.17, 15) is 19.5 Å². The standard InChI is InChI=1S/C25H26N2O4/c1-17(28)15-26-24(31)21-22(29)19-9-5-6-10-20(19)25(23(21)30)11-13-27(14-12-25)16-18-7-3-2-4-8-18/h2-10,29H,11-16H2,1H3,(H,26,31). The predicted molar refractivity (Wildman–Crippen MR) is 117 cm³/mol. The molecule has 1 aliphatic carbocycles. The summed E-state index contributed by atoms with van der Waals surface area (Å²) in [6.45, 7) is 3.40. The van der Waals surface area contributed by atoms with Crippen LogP contribution in [0.2, 0.25) is 0 Å². The number of nitrogens with one attached hydrogen (secondary N) is 1. The van der Waals surface area contributed by atoms with Gasteiger partial charge in [0.2, 0.25) is 0 Å². The molecule has 0 radical (unpaired) electrons. The lowest BCUT2D eigenvalue weighted by Crippen LogP contribution is -2.51. The average molecular weight is 418 g/mol. The average Bonchev–Trinajstić information content (AvgIpc) is 2.78. The van der Waals surface area contributed by atoms with Crippen molar-refractivity contribution in [1.82, 2.24) is 10.2 Å². The number of rotatable bonds is 5. The molecule has 160 valence electrons. The fourth-order valence-corrected chi connectivity index (χ4v) is 4.65. The molecule has 4 rings (SSSR count). The van der Waals surface area contributed by atoms with Crippen LogP contribution in [-0.4, -0.2) is 47.1 Å². The summed E-state index contributed by atoms with van der Waals surface area (Å²) in [6.07, 6.45) is 1.12. The number of aliphatic hydroxyl groups is 1. The number of aliphatic hydroxyl groups excluding tert-OH is 1. The molecule has 6 nitrogen and oxygen atoms in total. The van der Waals surface area contributed by atoms with E-state index in [0.29, 0.717) is 31.5 Å². The lowest BCUT2D eigenvalue weighted by molar-refractivity contribution is -0.128. The third kappa shape index (κ3) is 3.91. The summed E-state index contributed by atoms with van der Waals surface area (Å²) in [4.78, 5) is 40.0. The Bertz CT molecular complexity index is 1050. The van der Waals surface area contributed by atoms with Crippen LogP contribution in [0.3, 0.4) is 0 Å². The van der Waals surface area contributed by atoms with Crippen LogP contribution in [0.5, 0.6) is 0 Å². The molecular formula is C25H26N2O4.